The van der Waals surface area contributed by atoms with Crippen molar-refractivity contribution in [3.05, 3.63) is 29.0 Å². The number of nitrogens with zero attached hydrogens (tertiary/aromatic N) is 2. The van der Waals surface area contributed by atoms with Gasteiger partial charge < -0.3 is 4.57 Å². The van der Waals surface area contributed by atoms with Crippen molar-refractivity contribution in [2.75, 3.05) is 0 Å². The predicted molar refractivity (Wildman–Crippen MR) is 83.2 cm³/mol. The van der Waals surface area contributed by atoms with Crippen LogP contribution in [0.15, 0.2) is 18.2 Å². The highest BCUT2D eigenvalue weighted by Crippen LogP contribution is 2.49. The molecule has 4 rings (SSSR count). The van der Waals surface area contributed by atoms with E-state index in [4.69, 9.17) is 23.2 Å². The second-order valence-corrected chi connectivity index (χ2v) is 7.04. The van der Waals surface area contributed by atoms with Crippen LogP contribution in [-0.4, -0.2) is 9.55 Å². The Hall–Kier alpha value is -0.730. The first-order chi connectivity index (χ1) is 9.74. The number of hydrogen-bond donors (Lipinski definition) is 0. The molecule has 0 aliphatic heterocycles. The fraction of sp³-hybridized carbons (Fsp3) is 0.562. The molecule has 106 valence electrons. The molecule has 2 aliphatic rings. The van der Waals surface area contributed by atoms with Gasteiger partial charge in [-0.15, -0.1) is 11.6 Å². The van der Waals surface area contributed by atoms with Gasteiger partial charge in [-0.05, 0) is 55.2 Å². The van der Waals surface area contributed by atoms with Gasteiger partial charge in [0.2, 0.25) is 0 Å². The van der Waals surface area contributed by atoms with Gasteiger partial charge in [-0.3, -0.25) is 0 Å². The average molecular weight is 309 g/mol. The standard InChI is InChI=1S/C16H18Cl2N2/c17-8-16-19-14-4-3-13(18)7-15(14)20(16)9-12-6-10-1-2-11(12)5-10/h3-4,7,10-12H,1-2,5-6,8-9H2. The Labute approximate surface area is 129 Å². The second kappa shape index (κ2) is 4.92. The summed E-state index contributed by atoms with van der Waals surface area (Å²) in [6, 6.07) is 5.91. The molecule has 1 heterocycles. The van der Waals surface area contributed by atoms with Crippen molar-refractivity contribution < 1.29 is 0 Å². The third kappa shape index (κ3) is 2.05. The average Bonchev–Trinajstić information content (AvgIpc) is 3.13. The molecule has 1 aromatic carbocycles. The number of fused-ring (bicyclic) bond motifs is 3. The van der Waals surface area contributed by atoms with Crippen molar-refractivity contribution in [3.63, 3.8) is 0 Å². The zero-order valence-corrected chi connectivity index (χ0v) is 12.9. The van der Waals surface area contributed by atoms with Gasteiger partial charge in [0, 0.05) is 11.6 Å². The molecular weight excluding hydrogens is 291 g/mol. The Balaban J connectivity index is 1.72. The Morgan fingerprint density at radius 2 is 2.15 bits per heavy atom. The van der Waals surface area contributed by atoms with Crippen molar-refractivity contribution in [1.82, 2.24) is 9.55 Å². The molecule has 2 bridgehead atoms. The highest BCUT2D eigenvalue weighted by molar-refractivity contribution is 6.31. The molecular formula is C16H18Cl2N2. The van der Waals surface area contributed by atoms with Crippen LogP contribution in [0.1, 0.15) is 31.5 Å². The SMILES string of the molecule is ClCc1nc2ccc(Cl)cc2n1CC1CC2CCC1C2. The van der Waals surface area contributed by atoms with Gasteiger partial charge in [-0.1, -0.05) is 18.0 Å². The monoisotopic (exact) mass is 308 g/mol. The van der Waals surface area contributed by atoms with E-state index in [9.17, 15) is 0 Å². The van der Waals surface area contributed by atoms with Gasteiger partial charge in [-0.2, -0.15) is 0 Å². The third-order valence-electron chi connectivity index (χ3n) is 5.21. The van der Waals surface area contributed by atoms with E-state index in [0.717, 1.165) is 46.2 Å². The van der Waals surface area contributed by atoms with Gasteiger partial charge in [0.25, 0.3) is 0 Å². The van der Waals surface area contributed by atoms with Crippen LogP contribution in [0.2, 0.25) is 5.02 Å². The number of benzene rings is 1. The zero-order valence-electron chi connectivity index (χ0n) is 11.4. The smallest absolute Gasteiger partial charge is 0.124 e. The summed E-state index contributed by atoms with van der Waals surface area (Å²) in [5, 5.41) is 0.771. The highest BCUT2D eigenvalue weighted by atomic mass is 35.5. The lowest BCUT2D eigenvalue weighted by Crippen LogP contribution is -2.18. The molecule has 20 heavy (non-hydrogen) atoms. The Morgan fingerprint density at radius 1 is 1.25 bits per heavy atom. The van der Waals surface area contributed by atoms with Crippen LogP contribution in [-0.2, 0) is 12.4 Å². The maximum Gasteiger partial charge on any atom is 0.124 e. The number of imidazole rings is 1. The van der Waals surface area contributed by atoms with Crippen molar-refractivity contribution in [2.45, 2.75) is 38.1 Å². The number of hydrogen-bond acceptors (Lipinski definition) is 1. The minimum atomic E-state index is 0.465. The van der Waals surface area contributed by atoms with Gasteiger partial charge in [0.05, 0.1) is 16.9 Å². The molecule has 2 aliphatic carbocycles. The van der Waals surface area contributed by atoms with Gasteiger partial charge >= 0.3 is 0 Å². The summed E-state index contributed by atoms with van der Waals surface area (Å²) in [7, 11) is 0. The topological polar surface area (TPSA) is 17.8 Å². The van der Waals surface area contributed by atoms with E-state index in [-0.39, 0.29) is 0 Å². The maximum atomic E-state index is 6.15. The van der Waals surface area contributed by atoms with Crippen molar-refractivity contribution in [1.29, 1.82) is 0 Å². The van der Waals surface area contributed by atoms with Crippen LogP contribution in [0.25, 0.3) is 11.0 Å². The van der Waals surface area contributed by atoms with Crippen LogP contribution < -0.4 is 0 Å². The molecule has 0 saturated heterocycles. The minimum Gasteiger partial charge on any atom is -0.327 e. The molecule has 3 atom stereocenters. The molecule has 0 amide bonds. The van der Waals surface area contributed by atoms with E-state index < -0.39 is 0 Å². The lowest BCUT2D eigenvalue weighted by molar-refractivity contribution is 0.296. The number of aromatic nitrogens is 2. The van der Waals surface area contributed by atoms with Gasteiger partial charge in [0.1, 0.15) is 5.82 Å². The zero-order chi connectivity index (χ0) is 13.7. The summed E-state index contributed by atoms with van der Waals surface area (Å²) >= 11 is 12.2. The van der Waals surface area contributed by atoms with E-state index in [1.807, 2.05) is 18.2 Å². The number of alkyl halides is 1. The molecule has 2 saturated carbocycles. The first kappa shape index (κ1) is 13.0. The molecule has 2 nitrogen and oxygen atoms in total. The Kier molecular flexibility index (Phi) is 3.19. The van der Waals surface area contributed by atoms with E-state index in [1.165, 1.54) is 25.7 Å². The van der Waals surface area contributed by atoms with Crippen molar-refractivity contribution in [2.24, 2.45) is 17.8 Å². The summed E-state index contributed by atoms with van der Waals surface area (Å²) in [4.78, 5) is 4.65. The molecule has 0 spiro atoms. The molecule has 2 fully saturated rings. The third-order valence-corrected chi connectivity index (χ3v) is 5.68. The van der Waals surface area contributed by atoms with E-state index in [2.05, 4.69) is 9.55 Å². The van der Waals surface area contributed by atoms with Crippen LogP contribution >= 0.6 is 23.2 Å². The van der Waals surface area contributed by atoms with Crippen LogP contribution in [0.3, 0.4) is 0 Å². The highest BCUT2D eigenvalue weighted by Gasteiger charge is 2.39. The summed E-state index contributed by atoms with van der Waals surface area (Å²) < 4.78 is 2.31. The van der Waals surface area contributed by atoms with Gasteiger partial charge in [0.15, 0.2) is 0 Å². The van der Waals surface area contributed by atoms with Crippen LogP contribution in [0.5, 0.6) is 0 Å². The summed E-state index contributed by atoms with van der Waals surface area (Å²) in [5.41, 5.74) is 2.14. The number of halogens is 2. The lowest BCUT2D eigenvalue weighted by Gasteiger charge is -2.23. The molecule has 3 unspecified atom stereocenters. The first-order valence-electron chi connectivity index (χ1n) is 7.45. The van der Waals surface area contributed by atoms with Crippen LogP contribution in [0.4, 0.5) is 0 Å². The minimum absolute atomic E-state index is 0.465. The maximum absolute atomic E-state index is 6.15. The normalized spacial score (nSPS) is 28.6. The molecule has 4 heteroatoms. The fourth-order valence-electron chi connectivity index (χ4n) is 4.29. The molecule has 0 N–H and O–H groups in total. The van der Waals surface area contributed by atoms with Gasteiger partial charge in [-0.25, -0.2) is 4.98 Å². The summed E-state index contributed by atoms with van der Waals surface area (Å²) in [6.45, 7) is 1.06. The second-order valence-electron chi connectivity index (χ2n) is 6.34. The summed E-state index contributed by atoms with van der Waals surface area (Å²) in [5.74, 6) is 4.13. The van der Waals surface area contributed by atoms with Crippen molar-refractivity contribution >= 4 is 34.2 Å². The van der Waals surface area contributed by atoms with Crippen LogP contribution in [0, 0.1) is 17.8 Å². The van der Waals surface area contributed by atoms with E-state index >= 15 is 0 Å². The lowest BCUT2D eigenvalue weighted by atomic mass is 9.89. The van der Waals surface area contributed by atoms with E-state index in [1.54, 1.807) is 0 Å². The first-order valence-corrected chi connectivity index (χ1v) is 8.36. The summed E-state index contributed by atoms with van der Waals surface area (Å²) in [6.07, 6.45) is 5.68. The molecule has 1 aromatic heterocycles. The fourth-order valence-corrected chi connectivity index (χ4v) is 4.66. The van der Waals surface area contributed by atoms with Crippen molar-refractivity contribution in [3.8, 4) is 0 Å². The largest absolute Gasteiger partial charge is 0.327 e. The molecule has 2 aromatic rings. The molecule has 0 radical (unpaired) electrons. The quantitative estimate of drug-likeness (QED) is 0.740. The number of rotatable bonds is 3. The Bertz CT molecular complexity index is 649. The predicted octanol–water partition coefficient (Wildman–Crippen LogP) is 4.86. The van der Waals surface area contributed by atoms with E-state index in [0.29, 0.717) is 5.88 Å². The Morgan fingerprint density at radius 3 is 2.85 bits per heavy atom.